The number of hydrogen-bond donors (Lipinski definition) is 1. The fourth-order valence-corrected chi connectivity index (χ4v) is 3.34. The van der Waals surface area contributed by atoms with Crippen LogP contribution in [0, 0.1) is 18.3 Å². The van der Waals surface area contributed by atoms with Gasteiger partial charge in [0.25, 0.3) is 5.91 Å². The molecule has 0 saturated carbocycles. The molecule has 4 nitrogen and oxygen atoms in total. The largest absolute Gasteiger partial charge is 0.372 e. The quantitative estimate of drug-likeness (QED) is 0.587. The summed E-state index contributed by atoms with van der Waals surface area (Å²) in [5.41, 5.74) is 3.56. The third-order valence-corrected chi connectivity index (χ3v) is 4.97. The summed E-state index contributed by atoms with van der Waals surface area (Å²) in [6, 6.07) is 15.2. The second kappa shape index (κ2) is 8.75. The third-order valence-electron chi connectivity index (χ3n) is 4.74. The van der Waals surface area contributed by atoms with Gasteiger partial charge in [0.1, 0.15) is 11.6 Å². The van der Waals surface area contributed by atoms with Crippen LogP contribution in [-0.4, -0.2) is 19.0 Å². The number of carbonyl (C=O) groups is 1. The van der Waals surface area contributed by atoms with Gasteiger partial charge in [0.15, 0.2) is 0 Å². The number of carbonyl (C=O) groups excluding carboxylic acids is 1. The van der Waals surface area contributed by atoms with Crippen LogP contribution in [0.25, 0.3) is 6.08 Å². The van der Waals surface area contributed by atoms with Crippen molar-refractivity contribution in [3.05, 3.63) is 64.2 Å². The van der Waals surface area contributed by atoms with Crippen molar-refractivity contribution in [1.29, 1.82) is 5.26 Å². The molecule has 0 aliphatic carbocycles. The fourth-order valence-electron chi connectivity index (χ4n) is 3.17. The lowest BCUT2D eigenvalue weighted by atomic mass is 10.1. The normalized spacial score (nSPS) is 14.6. The molecular formula is C22H22ClN3O. The predicted molar refractivity (Wildman–Crippen MR) is 111 cm³/mol. The number of hydrogen-bond acceptors (Lipinski definition) is 3. The van der Waals surface area contributed by atoms with Gasteiger partial charge in [-0.3, -0.25) is 4.79 Å². The van der Waals surface area contributed by atoms with Crippen LogP contribution >= 0.6 is 11.6 Å². The summed E-state index contributed by atoms with van der Waals surface area (Å²) in [6.07, 6.45) is 5.35. The smallest absolute Gasteiger partial charge is 0.266 e. The lowest BCUT2D eigenvalue weighted by molar-refractivity contribution is -0.112. The van der Waals surface area contributed by atoms with Crippen molar-refractivity contribution in [1.82, 2.24) is 0 Å². The summed E-state index contributed by atoms with van der Waals surface area (Å²) in [6.45, 7) is 4.04. The molecule has 0 unspecified atom stereocenters. The summed E-state index contributed by atoms with van der Waals surface area (Å²) in [5, 5.41) is 12.7. The van der Waals surface area contributed by atoms with Gasteiger partial charge in [0.05, 0.1) is 0 Å². The summed E-state index contributed by atoms with van der Waals surface area (Å²) in [4.78, 5) is 14.8. The molecule has 1 fully saturated rings. The van der Waals surface area contributed by atoms with Gasteiger partial charge in [-0.05, 0) is 67.7 Å². The second-order valence-corrected chi connectivity index (χ2v) is 7.16. The van der Waals surface area contributed by atoms with E-state index in [1.165, 1.54) is 24.9 Å². The van der Waals surface area contributed by atoms with Crippen molar-refractivity contribution in [3.8, 4) is 6.07 Å². The molecule has 27 heavy (non-hydrogen) atoms. The highest BCUT2D eigenvalue weighted by atomic mass is 35.5. The van der Waals surface area contributed by atoms with Crippen molar-refractivity contribution in [2.24, 2.45) is 0 Å². The molecule has 0 spiro atoms. The maximum atomic E-state index is 12.5. The molecule has 2 aromatic carbocycles. The predicted octanol–water partition coefficient (Wildman–Crippen LogP) is 5.18. The van der Waals surface area contributed by atoms with Gasteiger partial charge in [0, 0.05) is 29.5 Å². The number of piperidine rings is 1. The van der Waals surface area contributed by atoms with Crippen LogP contribution in [0.4, 0.5) is 11.4 Å². The maximum Gasteiger partial charge on any atom is 0.266 e. The molecule has 1 saturated heterocycles. The van der Waals surface area contributed by atoms with Gasteiger partial charge in [-0.25, -0.2) is 0 Å². The van der Waals surface area contributed by atoms with Crippen LogP contribution in [0.2, 0.25) is 5.02 Å². The van der Waals surface area contributed by atoms with E-state index >= 15 is 0 Å². The highest BCUT2D eigenvalue weighted by Crippen LogP contribution is 2.23. The first-order chi connectivity index (χ1) is 13.1. The molecular weight excluding hydrogens is 358 g/mol. The topological polar surface area (TPSA) is 56.1 Å². The maximum absolute atomic E-state index is 12.5. The zero-order valence-electron chi connectivity index (χ0n) is 15.3. The van der Waals surface area contributed by atoms with Crippen molar-refractivity contribution in [2.75, 3.05) is 23.3 Å². The van der Waals surface area contributed by atoms with E-state index in [9.17, 15) is 10.1 Å². The molecule has 5 heteroatoms. The Bertz CT molecular complexity index is 891. The Balaban J connectivity index is 1.74. The molecule has 1 aliphatic rings. The molecule has 1 amide bonds. The second-order valence-electron chi connectivity index (χ2n) is 6.72. The number of anilines is 2. The summed E-state index contributed by atoms with van der Waals surface area (Å²) >= 11 is 5.99. The number of nitrogens with zero attached hydrogens (tertiary/aromatic N) is 2. The Labute approximate surface area is 165 Å². The van der Waals surface area contributed by atoms with Gasteiger partial charge in [-0.1, -0.05) is 29.8 Å². The standard InChI is InChI=1S/C22H22ClN3O/c1-16-5-8-19(23)14-21(16)25-22(27)18(15-24)13-17-6-9-20(10-7-17)26-11-3-2-4-12-26/h5-10,13-14H,2-4,11-12H2,1H3,(H,25,27)/b18-13-. The molecule has 1 heterocycles. The molecule has 1 N–H and O–H groups in total. The zero-order chi connectivity index (χ0) is 19.2. The van der Waals surface area contributed by atoms with Crippen LogP contribution in [-0.2, 0) is 4.79 Å². The van der Waals surface area contributed by atoms with Crippen molar-refractivity contribution < 1.29 is 4.79 Å². The molecule has 0 aromatic heterocycles. The Morgan fingerprint density at radius 2 is 1.85 bits per heavy atom. The first-order valence-electron chi connectivity index (χ1n) is 9.11. The molecule has 0 radical (unpaired) electrons. The van der Waals surface area contributed by atoms with E-state index in [1.54, 1.807) is 18.2 Å². The molecule has 1 aliphatic heterocycles. The van der Waals surface area contributed by atoms with E-state index in [0.29, 0.717) is 10.7 Å². The summed E-state index contributed by atoms with van der Waals surface area (Å²) < 4.78 is 0. The van der Waals surface area contributed by atoms with Crippen molar-refractivity contribution in [3.63, 3.8) is 0 Å². The van der Waals surface area contributed by atoms with Crippen LogP contribution in [0.15, 0.2) is 48.0 Å². The van der Waals surface area contributed by atoms with E-state index < -0.39 is 5.91 Å². The van der Waals surface area contributed by atoms with E-state index in [2.05, 4.69) is 10.2 Å². The Kier molecular flexibility index (Phi) is 6.16. The van der Waals surface area contributed by atoms with E-state index in [-0.39, 0.29) is 5.57 Å². The van der Waals surface area contributed by atoms with Crippen LogP contribution in [0.3, 0.4) is 0 Å². The monoisotopic (exact) mass is 379 g/mol. The number of benzene rings is 2. The van der Waals surface area contributed by atoms with Gasteiger partial charge in [0.2, 0.25) is 0 Å². The molecule has 0 atom stereocenters. The van der Waals surface area contributed by atoms with Crippen LogP contribution in [0.1, 0.15) is 30.4 Å². The van der Waals surface area contributed by atoms with Crippen LogP contribution < -0.4 is 10.2 Å². The number of rotatable bonds is 4. The minimum Gasteiger partial charge on any atom is -0.372 e. The number of amides is 1. The van der Waals surface area contributed by atoms with Gasteiger partial charge >= 0.3 is 0 Å². The van der Waals surface area contributed by atoms with Crippen molar-refractivity contribution >= 4 is 35.0 Å². The lowest BCUT2D eigenvalue weighted by Gasteiger charge is -2.28. The molecule has 2 aromatic rings. The number of nitrogens with one attached hydrogen (secondary N) is 1. The highest BCUT2D eigenvalue weighted by molar-refractivity contribution is 6.31. The number of aryl methyl sites for hydroxylation is 1. The third kappa shape index (κ3) is 4.90. The first kappa shape index (κ1) is 19.0. The summed E-state index contributed by atoms with van der Waals surface area (Å²) in [7, 11) is 0. The minimum absolute atomic E-state index is 0.0556. The lowest BCUT2D eigenvalue weighted by Crippen LogP contribution is -2.29. The Hall–Kier alpha value is -2.77. The summed E-state index contributed by atoms with van der Waals surface area (Å²) in [5.74, 6) is -0.442. The van der Waals surface area contributed by atoms with E-state index in [4.69, 9.17) is 11.6 Å². The van der Waals surface area contributed by atoms with E-state index in [1.807, 2.05) is 43.3 Å². The van der Waals surface area contributed by atoms with Gasteiger partial charge < -0.3 is 10.2 Å². The molecule has 3 rings (SSSR count). The minimum atomic E-state index is -0.442. The first-order valence-corrected chi connectivity index (χ1v) is 9.49. The average Bonchev–Trinajstić information content (AvgIpc) is 2.70. The Morgan fingerprint density at radius 1 is 1.15 bits per heavy atom. The van der Waals surface area contributed by atoms with Gasteiger partial charge in [-0.15, -0.1) is 0 Å². The van der Waals surface area contributed by atoms with Crippen molar-refractivity contribution in [2.45, 2.75) is 26.2 Å². The van der Waals surface area contributed by atoms with Crippen LogP contribution in [0.5, 0.6) is 0 Å². The van der Waals surface area contributed by atoms with Gasteiger partial charge in [-0.2, -0.15) is 5.26 Å². The number of halogens is 1. The fraction of sp³-hybridized carbons (Fsp3) is 0.273. The highest BCUT2D eigenvalue weighted by Gasteiger charge is 2.13. The number of nitriles is 1. The molecule has 138 valence electrons. The average molecular weight is 380 g/mol. The molecule has 0 bridgehead atoms. The Morgan fingerprint density at radius 3 is 2.52 bits per heavy atom. The van der Waals surface area contributed by atoms with E-state index in [0.717, 1.165) is 24.2 Å². The SMILES string of the molecule is Cc1ccc(Cl)cc1NC(=O)/C(C#N)=C\c1ccc(N2CCCCC2)cc1. The zero-order valence-corrected chi connectivity index (χ0v) is 16.1.